The van der Waals surface area contributed by atoms with Crippen molar-refractivity contribution in [3.05, 3.63) is 35.9 Å². The monoisotopic (exact) mass is 293 g/mol. The molecule has 1 aliphatic rings. The highest BCUT2D eigenvalue weighted by atomic mass is 32.2. The van der Waals surface area contributed by atoms with Crippen LogP contribution in [0.5, 0.6) is 0 Å². The summed E-state index contributed by atoms with van der Waals surface area (Å²) in [5.41, 5.74) is 7.62. The molecule has 5 atom stereocenters. The molecule has 2 nitrogen and oxygen atoms in total. The molecule has 1 fully saturated rings. The molecule has 3 heteroatoms. The Balaban J connectivity index is 2.03. The zero-order chi connectivity index (χ0) is 14.5. The van der Waals surface area contributed by atoms with Gasteiger partial charge < -0.3 is 5.73 Å². The molecule has 0 aromatic heterocycles. The summed E-state index contributed by atoms with van der Waals surface area (Å²) in [4.78, 5) is 0. The lowest BCUT2D eigenvalue weighted by atomic mass is 9.82. The summed E-state index contributed by atoms with van der Waals surface area (Å²) in [5.74, 6) is 1.86. The highest BCUT2D eigenvalue weighted by Crippen LogP contribution is 2.34. The van der Waals surface area contributed by atoms with Crippen LogP contribution in [0.3, 0.4) is 0 Å². The highest BCUT2D eigenvalue weighted by molar-refractivity contribution is 7.85. The van der Waals surface area contributed by atoms with Gasteiger partial charge >= 0.3 is 0 Å². The van der Waals surface area contributed by atoms with Gasteiger partial charge in [-0.15, -0.1) is 0 Å². The predicted octanol–water partition coefficient (Wildman–Crippen LogP) is 3.44. The minimum Gasteiger partial charge on any atom is -0.327 e. The lowest BCUT2D eigenvalue weighted by molar-refractivity contribution is 0.399. The molecule has 0 amide bonds. The van der Waals surface area contributed by atoms with E-state index in [1.54, 1.807) is 0 Å². The average Bonchev–Trinajstić information content (AvgIpc) is 2.48. The topological polar surface area (TPSA) is 43.1 Å². The smallest absolute Gasteiger partial charge is 0.0504 e. The molecule has 112 valence electrons. The van der Waals surface area contributed by atoms with Crippen LogP contribution in [0.1, 0.15) is 51.0 Å². The van der Waals surface area contributed by atoms with Crippen LogP contribution in [-0.2, 0) is 10.8 Å². The van der Waals surface area contributed by atoms with E-state index in [0.29, 0.717) is 11.8 Å². The van der Waals surface area contributed by atoms with Gasteiger partial charge in [-0.2, -0.15) is 0 Å². The van der Waals surface area contributed by atoms with Crippen LogP contribution in [0.15, 0.2) is 30.3 Å². The van der Waals surface area contributed by atoms with Crippen LogP contribution in [0, 0.1) is 5.92 Å². The van der Waals surface area contributed by atoms with Crippen LogP contribution in [0.4, 0.5) is 0 Å². The molecule has 1 aromatic rings. The average molecular weight is 293 g/mol. The van der Waals surface area contributed by atoms with Gasteiger partial charge in [-0.3, -0.25) is 4.21 Å². The summed E-state index contributed by atoms with van der Waals surface area (Å²) in [6, 6.07) is 10.7. The molecular weight excluding hydrogens is 266 g/mol. The van der Waals surface area contributed by atoms with Crippen LogP contribution < -0.4 is 5.73 Å². The van der Waals surface area contributed by atoms with Crippen molar-refractivity contribution >= 4 is 10.8 Å². The third-order valence-electron chi connectivity index (χ3n) is 4.60. The van der Waals surface area contributed by atoms with Crippen molar-refractivity contribution in [3.63, 3.8) is 0 Å². The Morgan fingerprint density at radius 3 is 2.65 bits per heavy atom. The first kappa shape index (κ1) is 15.7. The number of hydrogen-bond donors (Lipinski definition) is 1. The summed E-state index contributed by atoms with van der Waals surface area (Å²) < 4.78 is 12.6. The number of benzene rings is 1. The summed E-state index contributed by atoms with van der Waals surface area (Å²) in [5, 5.41) is 0.169. The molecule has 1 aromatic carbocycles. The van der Waals surface area contributed by atoms with Crippen molar-refractivity contribution in [1.29, 1.82) is 0 Å². The number of nitrogens with two attached hydrogens (primary N) is 1. The van der Waals surface area contributed by atoms with Crippen LogP contribution >= 0.6 is 0 Å². The third kappa shape index (κ3) is 3.92. The quantitative estimate of drug-likeness (QED) is 0.903. The second kappa shape index (κ2) is 7.37. The number of hydrogen-bond acceptors (Lipinski definition) is 2. The molecule has 0 aliphatic heterocycles. The van der Waals surface area contributed by atoms with Gasteiger partial charge in [-0.05, 0) is 36.7 Å². The maximum Gasteiger partial charge on any atom is 0.0504 e. The molecule has 2 N–H and O–H groups in total. The largest absolute Gasteiger partial charge is 0.327 e. The van der Waals surface area contributed by atoms with Crippen molar-refractivity contribution < 1.29 is 4.21 Å². The summed E-state index contributed by atoms with van der Waals surface area (Å²) >= 11 is 0. The van der Waals surface area contributed by atoms with E-state index < -0.39 is 10.8 Å². The first-order chi connectivity index (χ1) is 9.61. The first-order valence-corrected chi connectivity index (χ1v) is 9.17. The fourth-order valence-corrected chi connectivity index (χ4v) is 5.02. The predicted molar refractivity (Wildman–Crippen MR) is 87.3 cm³/mol. The lowest BCUT2D eigenvalue weighted by Gasteiger charge is -2.34. The standard InChI is InChI=1S/C17H27NOS/c1-3-13(2)12-20(19)17-11-15(9-10-16(17)18)14-7-5-4-6-8-14/h4-8,13,15-17H,3,9-12,18H2,1-2H3. The Labute approximate surface area is 125 Å². The molecule has 0 radical (unpaired) electrons. The maximum atomic E-state index is 12.6. The molecule has 0 heterocycles. The van der Waals surface area contributed by atoms with Crippen molar-refractivity contribution in [2.24, 2.45) is 11.7 Å². The van der Waals surface area contributed by atoms with E-state index in [9.17, 15) is 4.21 Å². The SMILES string of the molecule is CCC(C)CS(=O)C1CC(c2ccccc2)CCC1N. The van der Waals surface area contributed by atoms with Gasteiger partial charge in [-0.25, -0.2) is 0 Å². The van der Waals surface area contributed by atoms with E-state index in [1.165, 1.54) is 5.56 Å². The minimum atomic E-state index is -0.786. The van der Waals surface area contributed by atoms with E-state index in [4.69, 9.17) is 5.73 Å². The second-order valence-electron chi connectivity index (χ2n) is 6.18. The molecule has 1 saturated carbocycles. The van der Waals surface area contributed by atoms with Crippen LogP contribution in [0.2, 0.25) is 0 Å². The van der Waals surface area contributed by atoms with Gasteiger partial charge in [-0.1, -0.05) is 50.6 Å². The molecular formula is C17H27NOS. The third-order valence-corrected chi connectivity index (χ3v) is 6.71. The van der Waals surface area contributed by atoms with E-state index in [2.05, 4.69) is 44.2 Å². The fourth-order valence-electron chi connectivity index (χ4n) is 3.00. The van der Waals surface area contributed by atoms with Crippen molar-refractivity contribution in [2.75, 3.05) is 5.75 Å². The van der Waals surface area contributed by atoms with E-state index in [0.717, 1.165) is 31.4 Å². The molecule has 0 spiro atoms. The van der Waals surface area contributed by atoms with E-state index in [1.807, 2.05) is 0 Å². The molecule has 20 heavy (non-hydrogen) atoms. The zero-order valence-corrected chi connectivity index (χ0v) is 13.4. The van der Waals surface area contributed by atoms with Gasteiger partial charge in [0, 0.05) is 22.6 Å². The summed E-state index contributed by atoms with van der Waals surface area (Å²) in [6.07, 6.45) is 4.20. The maximum absolute atomic E-state index is 12.6. The Morgan fingerprint density at radius 1 is 1.30 bits per heavy atom. The molecule has 1 aliphatic carbocycles. The fraction of sp³-hybridized carbons (Fsp3) is 0.647. The normalized spacial score (nSPS) is 29.9. The van der Waals surface area contributed by atoms with E-state index >= 15 is 0 Å². The highest BCUT2D eigenvalue weighted by Gasteiger charge is 2.33. The molecule has 0 saturated heterocycles. The van der Waals surface area contributed by atoms with Crippen molar-refractivity contribution in [1.82, 2.24) is 0 Å². The Morgan fingerprint density at radius 2 is 2.00 bits per heavy atom. The summed E-state index contributed by atoms with van der Waals surface area (Å²) in [6.45, 7) is 4.34. The molecule has 0 bridgehead atoms. The Kier molecular flexibility index (Phi) is 5.79. The Hall–Kier alpha value is -0.670. The number of rotatable bonds is 5. The molecule has 5 unspecified atom stereocenters. The Bertz CT molecular complexity index is 434. The van der Waals surface area contributed by atoms with Gasteiger partial charge in [0.25, 0.3) is 0 Å². The lowest BCUT2D eigenvalue weighted by Crippen LogP contribution is -2.43. The summed E-state index contributed by atoms with van der Waals surface area (Å²) in [7, 11) is -0.786. The first-order valence-electron chi connectivity index (χ1n) is 7.79. The van der Waals surface area contributed by atoms with Crippen molar-refractivity contribution in [3.8, 4) is 0 Å². The van der Waals surface area contributed by atoms with Crippen LogP contribution in [-0.4, -0.2) is 21.3 Å². The van der Waals surface area contributed by atoms with Crippen molar-refractivity contribution in [2.45, 2.75) is 56.7 Å². The van der Waals surface area contributed by atoms with Gasteiger partial charge in [0.2, 0.25) is 0 Å². The van der Waals surface area contributed by atoms with E-state index in [-0.39, 0.29) is 11.3 Å². The van der Waals surface area contributed by atoms with Gasteiger partial charge in [0.15, 0.2) is 0 Å². The van der Waals surface area contributed by atoms with Crippen LogP contribution in [0.25, 0.3) is 0 Å². The minimum absolute atomic E-state index is 0.111. The van der Waals surface area contributed by atoms with Gasteiger partial charge in [0.1, 0.15) is 0 Å². The second-order valence-corrected chi connectivity index (χ2v) is 7.88. The van der Waals surface area contributed by atoms with Gasteiger partial charge in [0.05, 0.1) is 5.25 Å². The molecule has 2 rings (SSSR count). The zero-order valence-electron chi connectivity index (χ0n) is 12.6.